The molecule has 1 fully saturated rings. The Morgan fingerprint density at radius 3 is 2.23 bits per heavy atom. The molecule has 2 aromatic rings. The largest absolute Gasteiger partial charge is 0.312 e. The second kappa shape index (κ2) is 8.16. The van der Waals surface area contributed by atoms with Crippen LogP contribution in [0, 0.1) is 0 Å². The zero-order valence-corrected chi connectivity index (χ0v) is 16.6. The summed E-state index contributed by atoms with van der Waals surface area (Å²) in [6, 6.07) is 20.6. The van der Waals surface area contributed by atoms with Crippen LogP contribution in [0.25, 0.3) is 0 Å². The third kappa shape index (κ3) is 4.00. The van der Waals surface area contributed by atoms with Crippen molar-refractivity contribution in [2.24, 2.45) is 0 Å². The first-order valence-electron chi connectivity index (χ1n) is 9.88. The van der Waals surface area contributed by atoms with E-state index >= 15 is 0 Å². The topological polar surface area (TPSA) is 15.3 Å². The highest BCUT2D eigenvalue weighted by molar-refractivity contribution is 7.99. The number of nitrogens with one attached hydrogen (secondary N) is 1. The summed E-state index contributed by atoms with van der Waals surface area (Å²) in [6.07, 6.45) is 4.94. The SMILES string of the molecule is CN(Cc1ccccc1)C1(CNC2CCSCC2)Cc2ccccc2C1. The van der Waals surface area contributed by atoms with Gasteiger partial charge in [-0.2, -0.15) is 11.8 Å². The number of likely N-dealkylation sites (N-methyl/N-ethyl adjacent to an activating group) is 1. The molecule has 0 saturated carbocycles. The summed E-state index contributed by atoms with van der Waals surface area (Å²) in [5, 5.41) is 3.95. The molecule has 3 heteroatoms. The first-order valence-corrected chi connectivity index (χ1v) is 11.0. The maximum atomic E-state index is 3.95. The number of hydrogen-bond donors (Lipinski definition) is 1. The van der Waals surface area contributed by atoms with Gasteiger partial charge in [-0.1, -0.05) is 54.6 Å². The van der Waals surface area contributed by atoms with E-state index in [-0.39, 0.29) is 5.54 Å². The Morgan fingerprint density at radius 1 is 0.962 bits per heavy atom. The van der Waals surface area contributed by atoms with E-state index in [1.165, 1.54) is 41.0 Å². The molecule has 1 N–H and O–H groups in total. The molecule has 0 atom stereocenters. The summed E-state index contributed by atoms with van der Waals surface area (Å²) in [7, 11) is 2.32. The van der Waals surface area contributed by atoms with E-state index in [9.17, 15) is 0 Å². The van der Waals surface area contributed by atoms with E-state index in [4.69, 9.17) is 0 Å². The van der Waals surface area contributed by atoms with Gasteiger partial charge in [0.15, 0.2) is 0 Å². The number of nitrogens with zero attached hydrogens (tertiary/aromatic N) is 1. The number of rotatable bonds is 6. The molecule has 0 aromatic heterocycles. The first-order chi connectivity index (χ1) is 12.8. The summed E-state index contributed by atoms with van der Waals surface area (Å²) in [5.74, 6) is 2.62. The lowest BCUT2D eigenvalue weighted by atomic mass is 9.92. The molecule has 0 bridgehead atoms. The van der Waals surface area contributed by atoms with Crippen LogP contribution in [0.15, 0.2) is 54.6 Å². The number of fused-ring (bicyclic) bond motifs is 1. The lowest BCUT2D eigenvalue weighted by Gasteiger charge is -2.41. The Morgan fingerprint density at radius 2 is 1.58 bits per heavy atom. The van der Waals surface area contributed by atoms with Gasteiger partial charge in [-0.15, -0.1) is 0 Å². The molecular formula is C23H30N2S. The Balaban J connectivity index is 1.51. The van der Waals surface area contributed by atoms with E-state index in [1.807, 2.05) is 0 Å². The van der Waals surface area contributed by atoms with E-state index in [2.05, 4.69) is 83.6 Å². The monoisotopic (exact) mass is 366 g/mol. The van der Waals surface area contributed by atoms with Crippen molar-refractivity contribution in [2.45, 2.75) is 43.8 Å². The van der Waals surface area contributed by atoms with E-state index < -0.39 is 0 Å². The predicted octanol–water partition coefficient (Wildman–Crippen LogP) is 4.14. The van der Waals surface area contributed by atoms with E-state index in [0.29, 0.717) is 6.04 Å². The minimum Gasteiger partial charge on any atom is -0.312 e. The van der Waals surface area contributed by atoms with Crippen LogP contribution in [0.1, 0.15) is 29.5 Å². The molecule has 0 amide bonds. The zero-order chi connectivity index (χ0) is 17.8. The summed E-state index contributed by atoms with van der Waals surface area (Å²) < 4.78 is 0. The summed E-state index contributed by atoms with van der Waals surface area (Å²) >= 11 is 2.10. The van der Waals surface area contributed by atoms with Gasteiger partial charge < -0.3 is 5.32 Å². The average Bonchev–Trinajstić information content (AvgIpc) is 3.08. The molecule has 1 aliphatic carbocycles. The van der Waals surface area contributed by atoms with Crippen LogP contribution in [0.4, 0.5) is 0 Å². The highest BCUT2D eigenvalue weighted by Crippen LogP contribution is 2.35. The van der Waals surface area contributed by atoms with Gasteiger partial charge in [-0.25, -0.2) is 0 Å². The van der Waals surface area contributed by atoms with Crippen molar-refractivity contribution in [2.75, 3.05) is 25.1 Å². The van der Waals surface area contributed by atoms with Gasteiger partial charge in [0, 0.05) is 24.7 Å². The van der Waals surface area contributed by atoms with Crippen LogP contribution in [-0.4, -0.2) is 41.6 Å². The molecule has 2 aliphatic rings. The van der Waals surface area contributed by atoms with Crippen molar-refractivity contribution in [1.29, 1.82) is 0 Å². The van der Waals surface area contributed by atoms with Crippen LogP contribution < -0.4 is 5.32 Å². The molecule has 0 spiro atoms. The third-order valence-corrected chi connectivity index (χ3v) is 7.22. The molecule has 138 valence electrons. The highest BCUT2D eigenvalue weighted by atomic mass is 32.2. The lowest BCUT2D eigenvalue weighted by molar-refractivity contribution is 0.113. The Bertz CT molecular complexity index is 684. The summed E-state index contributed by atoms with van der Waals surface area (Å²) in [5.41, 5.74) is 4.66. The van der Waals surface area contributed by atoms with Crippen LogP contribution in [0.2, 0.25) is 0 Å². The second-order valence-electron chi connectivity index (χ2n) is 7.96. The van der Waals surface area contributed by atoms with Gasteiger partial charge in [-0.05, 0) is 60.9 Å². The van der Waals surface area contributed by atoms with Gasteiger partial charge in [0.05, 0.1) is 0 Å². The van der Waals surface area contributed by atoms with Crippen molar-refractivity contribution in [1.82, 2.24) is 10.2 Å². The fourth-order valence-electron chi connectivity index (χ4n) is 4.46. The molecule has 0 unspecified atom stereocenters. The number of benzene rings is 2. The number of hydrogen-bond acceptors (Lipinski definition) is 3. The molecule has 1 saturated heterocycles. The van der Waals surface area contributed by atoms with Crippen LogP contribution in [0.3, 0.4) is 0 Å². The molecule has 1 heterocycles. The lowest BCUT2D eigenvalue weighted by Crippen LogP contribution is -2.55. The van der Waals surface area contributed by atoms with Crippen LogP contribution >= 0.6 is 11.8 Å². The van der Waals surface area contributed by atoms with E-state index in [0.717, 1.165) is 25.9 Å². The van der Waals surface area contributed by atoms with Gasteiger partial charge in [-0.3, -0.25) is 4.90 Å². The maximum Gasteiger partial charge on any atom is 0.0415 e. The maximum absolute atomic E-state index is 3.95. The summed E-state index contributed by atoms with van der Waals surface area (Å²) in [6.45, 7) is 2.09. The van der Waals surface area contributed by atoms with Gasteiger partial charge in [0.2, 0.25) is 0 Å². The normalized spacial score (nSPS) is 19.6. The highest BCUT2D eigenvalue weighted by Gasteiger charge is 2.40. The van der Waals surface area contributed by atoms with Crippen molar-refractivity contribution in [3.8, 4) is 0 Å². The Kier molecular flexibility index (Phi) is 5.68. The smallest absolute Gasteiger partial charge is 0.0415 e. The molecule has 2 aromatic carbocycles. The zero-order valence-electron chi connectivity index (χ0n) is 15.8. The van der Waals surface area contributed by atoms with Gasteiger partial charge >= 0.3 is 0 Å². The molecular weight excluding hydrogens is 336 g/mol. The Hall–Kier alpha value is -1.29. The fourth-order valence-corrected chi connectivity index (χ4v) is 5.57. The standard InChI is InChI=1S/C23H30N2S/c1-25(17-19-7-3-2-4-8-19)23(18-24-22-11-13-26-14-12-22)15-20-9-5-6-10-21(20)16-23/h2-10,22,24H,11-18H2,1H3. The molecule has 2 nitrogen and oxygen atoms in total. The van der Waals surface area contributed by atoms with Crippen molar-refractivity contribution in [3.05, 3.63) is 71.3 Å². The average molecular weight is 367 g/mol. The molecule has 1 aliphatic heterocycles. The van der Waals surface area contributed by atoms with Crippen LogP contribution in [0.5, 0.6) is 0 Å². The van der Waals surface area contributed by atoms with Gasteiger partial charge in [0.1, 0.15) is 0 Å². The minimum atomic E-state index is 0.185. The second-order valence-corrected chi connectivity index (χ2v) is 9.18. The van der Waals surface area contributed by atoms with Crippen molar-refractivity contribution in [3.63, 3.8) is 0 Å². The summed E-state index contributed by atoms with van der Waals surface area (Å²) in [4.78, 5) is 2.60. The predicted molar refractivity (Wildman–Crippen MR) is 113 cm³/mol. The van der Waals surface area contributed by atoms with Gasteiger partial charge in [0.25, 0.3) is 0 Å². The van der Waals surface area contributed by atoms with Crippen molar-refractivity contribution < 1.29 is 0 Å². The number of thioether (sulfide) groups is 1. The first kappa shape index (κ1) is 18.1. The quantitative estimate of drug-likeness (QED) is 0.827. The van der Waals surface area contributed by atoms with E-state index in [1.54, 1.807) is 0 Å². The molecule has 26 heavy (non-hydrogen) atoms. The van der Waals surface area contributed by atoms with Crippen molar-refractivity contribution >= 4 is 11.8 Å². The Labute approximate surface area is 162 Å². The molecule has 0 radical (unpaired) electrons. The fraction of sp³-hybridized carbons (Fsp3) is 0.478. The minimum absolute atomic E-state index is 0.185. The molecule has 4 rings (SSSR count). The third-order valence-electron chi connectivity index (χ3n) is 6.17. The van der Waals surface area contributed by atoms with Crippen LogP contribution in [-0.2, 0) is 19.4 Å².